The van der Waals surface area contributed by atoms with Gasteiger partial charge in [-0.15, -0.1) is 0 Å². The largest absolute Gasteiger partial charge is 0.345 e. The average Bonchev–Trinajstić information content (AvgIpc) is 2.69. The molecule has 1 aromatic carbocycles. The minimum absolute atomic E-state index is 0.288. The lowest BCUT2D eigenvalue weighted by Gasteiger charge is -1.97. The van der Waals surface area contributed by atoms with Crippen molar-refractivity contribution in [3.05, 3.63) is 42.0 Å². The molecule has 0 atom stereocenters. The maximum absolute atomic E-state index is 13.0. The molecule has 68 valence electrons. The number of imidazole rings is 1. The van der Waals surface area contributed by atoms with Gasteiger partial charge in [-0.25, -0.2) is 9.37 Å². The average molecular weight is 187 g/mol. The highest BCUT2D eigenvalue weighted by Crippen LogP contribution is 2.17. The summed E-state index contributed by atoms with van der Waals surface area (Å²) < 4.78 is 13.0. The Bertz CT molecular complexity index is 483. The van der Waals surface area contributed by atoms with E-state index in [4.69, 9.17) is 5.26 Å². The summed E-state index contributed by atoms with van der Waals surface area (Å²) in [5.41, 5.74) is 0.864. The molecule has 1 N–H and O–H groups in total. The van der Waals surface area contributed by atoms with Crippen molar-refractivity contribution in [1.29, 1.82) is 5.26 Å². The van der Waals surface area contributed by atoms with Gasteiger partial charge < -0.3 is 4.98 Å². The first-order chi connectivity index (χ1) is 6.79. The van der Waals surface area contributed by atoms with Gasteiger partial charge in [0.1, 0.15) is 11.6 Å². The molecule has 3 nitrogen and oxygen atoms in total. The van der Waals surface area contributed by atoms with E-state index in [0.29, 0.717) is 11.4 Å². The summed E-state index contributed by atoms with van der Waals surface area (Å²) >= 11 is 0. The Morgan fingerprint density at radius 2 is 2.21 bits per heavy atom. The number of rotatable bonds is 1. The smallest absolute Gasteiger partial charge is 0.137 e. The van der Waals surface area contributed by atoms with E-state index in [2.05, 4.69) is 9.97 Å². The number of aromatic nitrogens is 2. The second-order valence-electron chi connectivity index (χ2n) is 2.78. The van der Waals surface area contributed by atoms with Gasteiger partial charge in [0.15, 0.2) is 0 Å². The van der Waals surface area contributed by atoms with E-state index in [-0.39, 0.29) is 5.56 Å². The number of nitriles is 1. The van der Waals surface area contributed by atoms with Crippen LogP contribution in [0.25, 0.3) is 11.4 Å². The van der Waals surface area contributed by atoms with Crippen LogP contribution in [0, 0.1) is 17.1 Å². The second-order valence-corrected chi connectivity index (χ2v) is 2.78. The van der Waals surface area contributed by atoms with Gasteiger partial charge in [-0.1, -0.05) is 0 Å². The maximum Gasteiger partial charge on any atom is 0.137 e. The molecule has 0 saturated heterocycles. The maximum atomic E-state index is 13.0. The molecule has 0 radical (unpaired) electrons. The van der Waals surface area contributed by atoms with Crippen LogP contribution >= 0.6 is 0 Å². The van der Waals surface area contributed by atoms with E-state index < -0.39 is 5.82 Å². The van der Waals surface area contributed by atoms with Gasteiger partial charge in [-0.3, -0.25) is 0 Å². The third-order valence-electron chi connectivity index (χ3n) is 1.80. The minimum Gasteiger partial charge on any atom is -0.345 e. The van der Waals surface area contributed by atoms with Gasteiger partial charge >= 0.3 is 0 Å². The van der Waals surface area contributed by atoms with Crippen LogP contribution in [-0.4, -0.2) is 9.97 Å². The first-order valence-electron chi connectivity index (χ1n) is 4.00. The van der Waals surface area contributed by atoms with Crippen LogP contribution in [0.15, 0.2) is 30.6 Å². The molecule has 0 saturated carbocycles. The Kier molecular flexibility index (Phi) is 1.99. The third-order valence-corrected chi connectivity index (χ3v) is 1.80. The molecule has 0 aliphatic carbocycles. The summed E-state index contributed by atoms with van der Waals surface area (Å²) in [6.45, 7) is 0. The van der Waals surface area contributed by atoms with Crippen molar-refractivity contribution in [3.63, 3.8) is 0 Å². The zero-order valence-electron chi connectivity index (χ0n) is 7.16. The lowest BCUT2D eigenvalue weighted by molar-refractivity contribution is 0.627. The number of aromatic amines is 1. The standard InChI is InChI=1S/C10H6FN3/c11-9-4-7(6-12)3-8(5-9)10-13-1-2-14-10/h1-5H,(H,13,14). The van der Waals surface area contributed by atoms with Gasteiger partial charge in [-0.2, -0.15) is 5.26 Å². The Hall–Kier alpha value is -2.15. The van der Waals surface area contributed by atoms with E-state index in [1.165, 1.54) is 12.1 Å². The number of H-pyrrole nitrogens is 1. The van der Waals surface area contributed by atoms with Gasteiger partial charge in [0, 0.05) is 18.0 Å². The van der Waals surface area contributed by atoms with E-state index in [1.54, 1.807) is 18.5 Å². The third kappa shape index (κ3) is 1.48. The van der Waals surface area contributed by atoms with E-state index in [0.717, 1.165) is 0 Å². The number of halogens is 1. The van der Waals surface area contributed by atoms with Gasteiger partial charge in [0.2, 0.25) is 0 Å². The van der Waals surface area contributed by atoms with E-state index in [1.807, 2.05) is 6.07 Å². The SMILES string of the molecule is N#Cc1cc(F)cc(-c2ncc[nH]2)c1. The fourth-order valence-corrected chi connectivity index (χ4v) is 1.21. The van der Waals surface area contributed by atoms with Gasteiger partial charge in [-0.05, 0) is 18.2 Å². The highest BCUT2D eigenvalue weighted by molar-refractivity contribution is 5.57. The molecular formula is C10H6FN3. The first kappa shape index (κ1) is 8.45. The Morgan fingerprint density at radius 3 is 2.86 bits per heavy atom. The minimum atomic E-state index is -0.435. The zero-order valence-corrected chi connectivity index (χ0v) is 7.16. The van der Waals surface area contributed by atoms with Crippen molar-refractivity contribution in [2.45, 2.75) is 0 Å². The molecule has 0 aliphatic rings. The molecule has 0 bridgehead atoms. The Morgan fingerprint density at radius 1 is 1.36 bits per heavy atom. The monoisotopic (exact) mass is 187 g/mol. The van der Waals surface area contributed by atoms with Crippen LogP contribution in [0.4, 0.5) is 4.39 Å². The number of benzene rings is 1. The van der Waals surface area contributed by atoms with E-state index in [9.17, 15) is 4.39 Å². The predicted octanol–water partition coefficient (Wildman–Crippen LogP) is 2.09. The zero-order chi connectivity index (χ0) is 9.97. The molecule has 0 amide bonds. The van der Waals surface area contributed by atoms with Gasteiger partial charge in [0.05, 0.1) is 11.6 Å². The number of nitrogens with one attached hydrogen (secondary N) is 1. The van der Waals surface area contributed by atoms with Crippen LogP contribution in [0.2, 0.25) is 0 Å². The topological polar surface area (TPSA) is 52.5 Å². The van der Waals surface area contributed by atoms with Crippen LogP contribution in [0.5, 0.6) is 0 Å². The molecule has 1 aromatic heterocycles. The summed E-state index contributed by atoms with van der Waals surface area (Å²) in [6.07, 6.45) is 3.22. The van der Waals surface area contributed by atoms with Crippen molar-refractivity contribution in [2.75, 3.05) is 0 Å². The normalized spacial score (nSPS) is 9.71. The highest BCUT2D eigenvalue weighted by atomic mass is 19.1. The second kappa shape index (κ2) is 3.30. The van der Waals surface area contributed by atoms with Crippen molar-refractivity contribution >= 4 is 0 Å². The van der Waals surface area contributed by atoms with Gasteiger partial charge in [0.25, 0.3) is 0 Å². The Balaban J connectivity index is 2.55. The van der Waals surface area contributed by atoms with Crippen LogP contribution in [0.1, 0.15) is 5.56 Å². The van der Waals surface area contributed by atoms with Crippen molar-refractivity contribution in [1.82, 2.24) is 9.97 Å². The van der Waals surface area contributed by atoms with Crippen LogP contribution in [0.3, 0.4) is 0 Å². The van der Waals surface area contributed by atoms with Crippen LogP contribution < -0.4 is 0 Å². The summed E-state index contributed by atoms with van der Waals surface area (Å²) in [6, 6.07) is 5.99. The van der Waals surface area contributed by atoms with Crippen LogP contribution in [-0.2, 0) is 0 Å². The lowest BCUT2D eigenvalue weighted by atomic mass is 10.1. The molecule has 0 unspecified atom stereocenters. The number of hydrogen-bond donors (Lipinski definition) is 1. The summed E-state index contributed by atoms with van der Waals surface area (Å²) in [5, 5.41) is 8.64. The molecule has 0 fully saturated rings. The molecule has 0 spiro atoms. The number of nitrogens with zero attached hydrogens (tertiary/aromatic N) is 2. The lowest BCUT2D eigenvalue weighted by Crippen LogP contribution is -1.85. The van der Waals surface area contributed by atoms with E-state index >= 15 is 0 Å². The first-order valence-corrected chi connectivity index (χ1v) is 4.00. The Labute approximate surface area is 79.8 Å². The van der Waals surface area contributed by atoms with Crippen molar-refractivity contribution < 1.29 is 4.39 Å². The molecule has 1 heterocycles. The number of hydrogen-bond acceptors (Lipinski definition) is 2. The quantitative estimate of drug-likeness (QED) is 0.743. The predicted molar refractivity (Wildman–Crippen MR) is 48.7 cm³/mol. The highest BCUT2D eigenvalue weighted by Gasteiger charge is 2.04. The molecule has 4 heteroatoms. The molecule has 2 aromatic rings. The molecule has 2 rings (SSSR count). The summed E-state index contributed by atoms with van der Waals surface area (Å²) in [7, 11) is 0. The molecule has 14 heavy (non-hydrogen) atoms. The van der Waals surface area contributed by atoms with Crippen molar-refractivity contribution in [2.24, 2.45) is 0 Å². The fourth-order valence-electron chi connectivity index (χ4n) is 1.21. The fraction of sp³-hybridized carbons (Fsp3) is 0. The van der Waals surface area contributed by atoms with Crippen molar-refractivity contribution in [3.8, 4) is 17.5 Å². The molecular weight excluding hydrogens is 181 g/mol. The molecule has 0 aliphatic heterocycles. The summed E-state index contributed by atoms with van der Waals surface area (Å²) in [4.78, 5) is 6.82. The summed E-state index contributed by atoms with van der Waals surface area (Å²) in [5.74, 6) is 0.122.